The molecular formula is C16H21N3O. The monoisotopic (exact) mass is 271 g/mol. The number of anilines is 1. The average Bonchev–Trinajstić information content (AvgIpc) is 2.46. The predicted molar refractivity (Wildman–Crippen MR) is 81.6 cm³/mol. The van der Waals surface area contributed by atoms with Gasteiger partial charge in [0.05, 0.1) is 5.69 Å². The Labute approximate surface area is 120 Å². The fourth-order valence-electron chi connectivity index (χ4n) is 1.92. The molecule has 20 heavy (non-hydrogen) atoms. The summed E-state index contributed by atoms with van der Waals surface area (Å²) in [6.07, 6.45) is 0. The molecule has 1 aromatic heterocycles. The first-order valence-electron chi connectivity index (χ1n) is 6.76. The minimum atomic E-state index is 0.428. The van der Waals surface area contributed by atoms with Crippen LogP contribution in [-0.4, -0.2) is 4.98 Å². The molecule has 0 radical (unpaired) electrons. The van der Waals surface area contributed by atoms with Crippen LogP contribution in [0.2, 0.25) is 0 Å². The van der Waals surface area contributed by atoms with E-state index in [0.717, 1.165) is 17.0 Å². The molecule has 4 nitrogen and oxygen atoms in total. The Bertz CT molecular complexity index is 582. The third-order valence-corrected chi connectivity index (χ3v) is 3.21. The standard InChI is InChI=1S/C16H21N3O/c1-11(2)13-8-7-12(3)15(9-13)20-10-14-5-4-6-16(18-14)19-17/h4-9,11H,10,17H2,1-3H3,(H,18,19). The quantitative estimate of drug-likeness (QED) is 0.646. The minimum Gasteiger partial charge on any atom is -0.487 e. The summed E-state index contributed by atoms with van der Waals surface area (Å²) in [4.78, 5) is 4.33. The van der Waals surface area contributed by atoms with Crippen molar-refractivity contribution in [2.45, 2.75) is 33.3 Å². The van der Waals surface area contributed by atoms with Crippen molar-refractivity contribution in [3.05, 3.63) is 53.2 Å². The molecule has 2 rings (SSSR count). The lowest BCUT2D eigenvalue weighted by molar-refractivity contribution is 0.299. The van der Waals surface area contributed by atoms with Gasteiger partial charge in [0, 0.05) is 0 Å². The summed E-state index contributed by atoms with van der Waals surface area (Å²) in [5, 5.41) is 0. The number of hydrogen-bond acceptors (Lipinski definition) is 4. The Kier molecular flexibility index (Phi) is 4.58. The first-order valence-corrected chi connectivity index (χ1v) is 6.76. The number of ether oxygens (including phenoxy) is 1. The number of nitrogens with two attached hydrogens (primary N) is 1. The molecule has 2 aromatic rings. The lowest BCUT2D eigenvalue weighted by atomic mass is 10.0. The molecule has 0 aliphatic carbocycles. The summed E-state index contributed by atoms with van der Waals surface area (Å²) in [5.41, 5.74) is 5.78. The number of aryl methyl sites for hydroxylation is 1. The van der Waals surface area contributed by atoms with Crippen LogP contribution in [0.5, 0.6) is 5.75 Å². The van der Waals surface area contributed by atoms with E-state index in [1.165, 1.54) is 5.56 Å². The SMILES string of the molecule is Cc1ccc(C(C)C)cc1OCc1cccc(NN)n1. The summed E-state index contributed by atoms with van der Waals surface area (Å²) in [6, 6.07) is 12.0. The van der Waals surface area contributed by atoms with Gasteiger partial charge in [-0.2, -0.15) is 0 Å². The molecule has 0 saturated heterocycles. The van der Waals surface area contributed by atoms with Crippen LogP contribution in [0.15, 0.2) is 36.4 Å². The van der Waals surface area contributed by atoms with Crippen molar-refractivity contribution in [3.8, 4) is 5.75 Å². The number of pyridine rings is 1. The number of hydrogen-bond donors (Lipinski definition) is 2. The second-order valence-corrected chi connectivity index (χ2v) is 5.13. The van der Waals surface area contributed by atoms with Crippen molar-refractivity contribution in [1.82, 2.24) is 4.98 Å². The van der Waals surface area contributed by atoms with Gasteiger partial charge in [0.25, 0.3) is 0 Å². The third kappa shape index (κ3) is 3.48. The van der Waals surface area contributed by atoms with Crippen LogP contribution in [0.25, 0.3) is 0 Å². The van der Waals surface area contributed by atoms with Crippen molar-refractivity contribution < 1.29 is 4.74 Å². The molecular weight excluding hydrogens is 250 g/mol. The van der Waals surface area contributed by atoms with Gasteiger partial charge in [0.15, 0.2) is 0 Å². The number of nitrogens with zero attached hydrogens (tertiary/aromatic N) is 1. The number of nitrogens with one attached hydrogen (secondary N) is 1. The van der Waals surface area contributed by atoms with E-state index in [9.17, 15) is 0 Å². The maximum Gasteiger partial charge on any atom is 0.140 e. The van der Waals surface area contributed by atoms with Crippen LogP contribution in [0.4, 0.5) is 5.82 Å². The molecule has 0 amide bonds. The van der Waals surface area contributed by atoms with E-state index >= 15 is 0 Å². The van der Waals surface area contributed by atoms with Gasteiger partial charge < -0.3 is 10.2 Å². The fraction of sp³-hybridized carbons (Fsp3) is 0.312. The Hall–Kier alpha value is -2.07. The summed E-state index contributed by atoms with van der Waals surface area (Å²) >= 11 is 0. The minimum absolute atomic E-state index is 0.428. The number of rotatable bonds is 5. The first-order chi connectivity index (χ1) is 9.60. The molecule has 0 saturated carbocycles. The molecule has 3 N–H and O–H groups in total. The lowest BCUT2D eigenvalue weighted by Gasteiger charge is -2.13. The Balaban J connectivity index is 2.11. The first kappa shape index (κ1) is 14.3. The molecule has 0 spiro atoms. The summed E-state index contributed by atoms with van der Waals surface area (Å²) in [5.74, 6) is 7.38. The predicted octanol–water partition coefficient (Wildman–Crippen LogP) is 3.38. The van der Waals surface area contributed by atoms with Gasteiger partial charge in [-0.05, 0) is 42.2 Å². The van der Waals surface area contributed by atoms with Gasteiger partial charge in [-0.3, -0.25) is 0 Å². The van der Waals surface area contributed by atoms with Crippen molar-refractivity contribution in [3.63, 3.8) is 0 Å². The molecule has 1 aromatic carbocycles. The average molecular weight is 271 g/mol. The van der Waals surface area contributed by atoms with Gasteiger partial charge in [-0.1, -0.05) is 32.0 Å². The van der Waals surface area contributed by atoms with Gasteiger partial charge >= 0.3 is 0 Å². The lowest BCUT2D eigenvalue weighted by Crippen LogP contribution is -2.10. The summed E-state index contributed by atoms with van der Waals surface area (Å²) < 4.78 is 5.88. The van der Waals surface area contributed by atoms with Gasteiger partial charge in [-0.25, -0.2) is 10.8 Å². The van der Waals surface area contributed by atoms with E-state index in [4.69, 9.17) is 10.6 Å². The zero-order valence-electron chi connectivity index (χ0n) is 12.2. The number of nitrogen functional groups attached to an aromatic ring is 1. The van der Waals surface area contributed by atoms with Crippen LogP contribution < -0.4 is 16.0 Å². The van der Waals surface area contributed by atoms with E-state index in [-0.39, 0.29) is 0 Å². The molecule has 0 fully saturated rings. The Morgan fingerprint density at radius 3 is 2.75 bits per heavy atom. The van der Waals surface area contributed by atoms with E-state index in [1.54, 1.807) is 0 Å². The topological polar surface area (TPSA) is 60.2 Å². The fourth-order valence-corrected chi connectivity index (χ4v) is 1.92. The van der Waals surface area contributed by atoms with E-state index in [0.29, 0.717) is 18.3 Å². The van der Waals surface area contributed by atoms with Crippen LogP contribution in [0.3, 0.4) is 0 Å². The second-order valence-electron chi connectivity index (χ2n) is 5.13. The van der Waals surface area contributed by atoms with Gasteiger partial charge in [0.1, 0.15) is 18.2 Å². The smallest absolute Gasteiger partial charge is 0.140 e. The third-order valence-electron chi connectivity index (χ3n) is 3.21. The summed E-state index contributed by atoms with van der Waals surface area (Å²) in [6.45, 7) is 6.82. The van der Waals surface area contributed by atoms with Crippen LogP contribution >= 0.6 is 0 Å². The molecule has 1 heterocycles. The van der Waals surface area contributed by atoms with Crippen molar-refractivity contribution in [2.24, 2.45) is 5.84 Å². The highest BCUT2D eigenvalue weighted by molar-refractivity contribution is 5.38. The van der Waals surface area contributed by atoms with Gasteiger partial charge in [0.2, 0.25) is 0 Å². The van der Waals surface area contributed by atoms with Crippen molar-refractivity contribution >= 4 is 5.82 Å². The van der Waals surface area contributed by atoms with E-state index in [1.807, 2.05) is 25.1 Å². The zero-order chi connectivity index (χ0) is 14.5. The number of aromatic nitrogens is 1. The Morgan fingerprint density at radius 1 is 1.25 bits per heavy atom. The van der Waals surface area contributed by atoms with E-state index < -0.39 is 0 Å². The molecule has 0 unspecified atom stereocenters. The van der Waals surface area contributed by atoms with Crippen molar-refractivity contribution in [1.29, 1.82) is 0 Å². The second kappa shape index (κ2) is 6.39. The highest BCUT2D eigenvalue weighted by Crippen LogP contribution is 2.25. The summed E-state index contributed by atoms with van der Waals surface area (Å²) in [7, 11) is 0. The Morgan fingerprint density at radius 2 is 2.05 bits per heavy atom. The number of benzene rings is 1. The molecule has 4 heteroatoms. The van der Waals surface area contributed by atoms with E-state index in [2.05, 4.69) is 42.5 Å². The molecule has 0 aliphatic rings. The largest absolute Gasteiger partial charge is 0.487 e. The normalized spacial score (nSPS) is 10.7. The van der Waals surface area contributed by atoms with Crippen LogP contribution in [0.1, 0.15) is 36.6 Å². The maximum atomic E-state index is 5.88. The molecule has 106 valence electrons. The zero-order valence-corrected chi connectivity index (χ0v) is 12.2. The highest BCUT2D eigenvalue weighted by Gasteiger charge is 2.06. The van der Waals surface area contributed by atoms with Crippen LogP contribution in [-0.2, 0) is 6.61 Å². The van der Waals surface area contributed by atoms with Crippen LogP contribution in [0, 0.1) is 6.92 Å². The van der Waals surface area contributed by atoms with Crippen molar-refractivity contribution in [2.75, 3.05) is 5.43 Å². The maximum absolute atomic E-state index is 5.88. The molecule has 0 aliphatic heterocycles. The number of hydrazine groups is 1. The molecule has 0 bridgehead atoms. The highest BCUT2D eigenvalue weighted by atomic mass is 16.5. The molecule has 0 atom stereocenters. The van der Waals surface area contributed by atoms with Gasteiger partial charge in [-0.15, -0.1) is 0 Å².